The lowest BCUT2D eigenvalue weighted by atomic mass is 9.88. The zero-order chi connectivity index (χ0) is 10.2. The van der Waals surface area contributed by atoms with Crippen LogP contribution in [-0.2, 0) is 0 Å². The summed E-state index contributed by atoms with van der Waals surface area (Å²) >= 11 is 0. The van der Waals surface area contributed by atoms with Crippen LogP contribution in [0.5, 0.6) is 0 Å². The van der Waals surface area contributed by atoms with E-state index < -0.39 is 0 Å². The molecule has 1 aromatic heterocycles. The standard InChI is InChI=1S/C11H20N2/c1-8-7-9(2)13(12-8)10(3)11(4,5)6/h7,10H,1-6H3. The van der Waals surface area contributed by atoms with E-state index >= 15 is 0 Å². The smallest absolute Gasteiger partial charge is 0.0596 e. The fourth-order valence-electron chi connectivity index (χ4n) is 1.41. The van der Waals surface area contributed by atoms with E-state index in [0.29, 0.717) is 6.04 Å². The first kappa shape index (κ1) is 10.3. The van der Waals surface area contributed by atoms with Crippen LogP contribution in [0.15, 0.2) is 6.07 Å². The highest BCUT2D eigenvalue weighted by atomic mass is 15.3. The van der Waals surface area contributed by atoms with Crippen LogP contribution in [0, 0.1) is 19.3 Å². The molecular weight excluding hydrogens is 160 g/mol. The molecule has 1 aromatic rings. The summed E-state index contributed by atoms with van der Waals surface area (Å²) in [6, 6.07) is 2.57. The predicted octanol–water partition coefficient (Wildman–Crippen LogP) is 3.11. The fourth-order valence-corrected chi connectivity index (χ4v) is 1.41. The molecule has 0 aromatic carbocycles. The van der Waals surface area contributed by atoms with Crippen molar-refractivity contribution in [2.45, 2.75) is 47.6 Å². The summed E-state index contributed by atoms with van der Waals surface area (Å²) in [5.74, 6) is 0. The first-order chi connectivity index (χ1) is 5.82. The van der Waals surface area contributed by atoms with Crippen LogP contribution in [0.25, 0.3) is 0 Å². The van der Waals surface area contributed by atoms with Crippen molar-refractivity contribution in [2.75, 3.05) is 0 Å². The average Bonchev–Trinajstić information content (AvgIpc) is 2.26. The minimum atomic E-state index is 0.267. The maximum atomic E-state index is 4.49. The molecule has 0 radical (unpaired) electrons. The summed E-state index contributed by atoms with van der Waals surface area (Å²) in [7, 11) is 0. The van der Waals surface area contributed by atoms with Gasteiger partial charge in [-0.2, -0.15) is 5.10 Å². The van der Waals surface area contributed by atoms with Crippen molar-refractivity contribution < 1.29 is 0 Å². The maximum absolute atomic E-state index is 4.49. The zero-order valence-corrected chi connectivity index (χ0v) is 9.55. The van der Waals surface area contributed by atoms with E-state index in [0.717, 1.165) is 5.69 Å². The molecule has 1 rings (SSSR count). The molecular formula is C11H20N2. The van der Waals surface area contributed by atoms with Gasteiger partial charge in [0.05, 0.1) is 11.7 Å². The lowest BCUT2D eigenvalue weighted by Gasteiger charge is -2.28. The fraction of sp³-hybridized carbons (Fsp3) is 0.727. The van der Waals surface area contributed by atoms with Gasteiger partial charge in [0.2, 0.25) is 0 Å². The van der Waals surface area contributed by atoms with E-state index in [4.69, 9.17) is 0 Å². The molecule has 2 nitrogen and oxygen atoms in total. The average molecular weight is 180 g/mol. The van der Waals surface area contributed by atoms with Gasteiger partial charge in [0.1, 0.15) is 0 Å². The molecule has 0 N–H and O–H groups in total. The molecule has 0 bridgehead atoms. The summed E-state index contributed by atoms with van der Waals surface area (Å²) in [6.45, 7) is 13.1. The summed E-state index contributed by atoms with van der Waals surface area (Å²) < 4.78 is 2.12. The Kier molecular flexibility index (Phi) is 2.51. The first-order valence-corrected chi connectivity index (χ1v) is 4.85. The highest BCUT2D eigenvalue weighted by molar-refractivity contribution is 5.08. The third-order valence-electron chi connectivity index (χ3n) is 2.66. The Bertz CT molecular complexity index is 292. The van der Waals surface area contributed by atoms with Crippen molar-refractivity contribution in [3.05, 3.63) is 17.5 Å². The third kappa shape index (κ3) is 2.11. The Morgan fingerprint density at radius 1 is 1.31 bits per heavy atom. The van der Waals surface area contributed by atoms with Gasteiger partial charge in [-0.1, -0.05) is 20.8 Å². The number of aromatic nitrogens is 2. The molecule has 0 aliphatic rings. The van der Waals surface area contributed by atoms with Crippen LogP contribution >= 0.6 is 0 Å². The minimum Gasteiger partial charge on any atom is -0.266 e. The van der Waals surface area contributed by atoms with Crippen LogP contribution in [0.3, 0.4) is 0 Å². The van der Waals surface area contributed by atoms with Crippen molar-refractivity contribution >= 4 is 0 Å². The van der Waals surface area contributed by atoms with Gasteiger partial charge in [-0.05, 0) is 32.3 Å². The summed E-state index contributed by atoms with van der Waals surface area (Å²) in [6.07, 6.45) is 0. The van der Waals surface area contributed by atoms with Crippen molar-refractivity contribution in [1.82, 2.24) is 9.78 Å². The Labute approximate surface area is 81.0 Å². The van der Waals surface area contributed by atoms with Crippen molar-refractivity contribution in [1.29, 1.82) is 0 Å². The molecule has 1 heterocycles. The molecule has 0 saturated heterocycles. The molecule has 0 aliphatic carbocycles. The first-order valence-electron chi connectivity index (χ1n) is 4.85. The topological polar surface area (TPSA) is 17.8 Å². The summed E-state index contributed by atoms with van der Waals surface area (Å²) in [4.78, 5) is 0. The quantitative estimate of drug-likeness (QED) is 0.649. The molecule has 0 aliphatic heterocycles. The van der Waals surface area contributed by atoms with Crippen molar-refractivity contribution in [3.8, 4) is 0 Å². The van der Waals surface area contributed by atoms with Crippen molar-refractivity contribution in [3.63, 3.8) is 0 Å². The van der Waals surface area contributed by atoms with Crippen LogP contribution < -0.4 is 0 Å². The van der Waals surface area contributed by atoms with E-state index in [1.165, 1.54) is 5.69 Å². The van der Waals surface area contributed by atoms with Crippen LogP contribution in [0.2, 0.25) is 0 Å². The van der Waals surface area contributed by atoms with Gasteiger partial charge in [-0.15, -0.1) is 0 Å². The maximum Gasteiger partial charge on any atom is 0.0596 e. The monoisotopic (exact) mass is 180 g/mol. The van der Waals surface area contributed by atoms with E-state index in [2.05, 4.69) is 50.5 Å². The molecule has 0 fully saturated rings. The normalized spacial score (nSPS) is 14.6. The molecule has 74 valence electrons. The van der Waals surface area contributed by atoms with E-state index in [1.807, 2.05) is 6.92 Å². The van der Waals surface area contributed by atoms with Crippen molar-refractivity contribution in [2.24, 2.45) is 5.41 Å². The number of nitrogens with zero attached hydrogens (tertiary/aromatic N) is 2. The van der Waals surface area contributed by atoms with E-state index in [-0.39, 0.29) is 5.41 Å². The molecule has 13 heavy (non-hydrogen) atoms. The van der Waals surface area contributed by atoms with Gasteiger partial charge < -0.3 is 0 Å². The van der Waals surface area contributed by atoms with Crippen LogP contribution in [0.1, 0.15) is 45.1 Å². The van der Waals surface area contributed by atoms with Gasteiger partial charge >= 0.3 is 0 Å². The summed E-state index contributed by atoms with van der Waals surface area (Å²) in [5.41, 5.74) is 2.62. The molecule has 2 heteroatoms. The number of hydrogen-bond donors (Lipinski definition) is 0. The zero-order valence-electron chi connectivity index (χ0n) is 9.55. The van der Waals surface area contributed by atoms with Gasteiger partial charge in [-0.3, -0.25) is 4.68 Å². The Balaban J connectivity index is 3.01. The molecule has 0 saturated carbocycles. The highest BCUT2D eigenvalue weighted by Gasteiger charge is 2.23. The van der Waals surface area contributed by atoms with Gasteiger partial charge in [0.25, 0.3) is 0 Å². The van der Waals surface area contributed by atoms with Gasteiger partial charge in [-0.25, -0.2) is 0 Å². The largest absolute Gasteiger partial charge is 0.266 e. The molecule has 0 spiro atoms. The number of aryl methyl sites for hydroxylation is 2. The second-order valence-electron chi connectivity index (χ2n) is 4.91. The van der Waals surface area contributed by atoms with Gasteiger partial charge in [0, 0.05) is 5.69 Å². The van der Waals surface area contributed by atoms with E-state index in [9.17, 15) is 0 Å². The Morgan fingerprint density at radius 2 is 1.85 bits per heavy atom. The number of hydrogen-bond acceptors (Lipinski definition) is 1. The SMILES string of the molecule is Cc1cc(C)n(C(C)C(C)(C)C)n1. The van der Waals surface area contributed by atoms with Crippen LogP contribution in [0.4, 0.5) is 0 Å². The third-order valence-corrected chi connectivity index (χ3v) is 2.66. The molecule has 1 unspecified atom stereocenters. The van der Waals surface area contributed by atoms with Gasteiger partial charge in [0.15, 0.2) is 0 Å². The predicted molar refractivity (Wildman–Crippen MR) is 55.9 cm³/mol. The number of rotatable bonds is 1. The highest BCUT2D eigenvalue weighted by Crippen LogP contribution is 2.30. The second-order valence-corrected chi connectivity index (χ2v) is 4.91. The Morgan fingerprint density at radius 3 is 2.15 bits per heavy atom. The minimum absolute atomic E-state index is 0.267. The molecule has 1 atom stereocenters. The second kappa shape index (κ2) is 3.17. The van der Waals surface area contributed by atoms with E-state index in [1.54, 1.807) is 0 Å². The van der Waals surface area contributed by atoms with Crippen LogP contribution in [-0.4, -0.2) is 9.78 Å². The summed E-state index contributed by atoms with van der Waals surface area (Å²) in [5, 5.41) is 4.49. The lowest BCUT2D eigenvalue weighted by molar-refractivity contribution is 0.241. The lowest BCUT2D eigenvalue weighted by Crippen LogP contribution is -2.23. The molecule has 0 amide bonds. The Hall–Kier alpha value is -0.790.